The average molecular weight is 443 g/mol. The van der Waals surface area contributed by atoms with E-state index in [0.717, 1.165) is 31.1 Å². The van der Waals surface area contributed by atoms with E-state index >= 15 is 0 Å². The summed E-state index contributed by atoms with van der Waals surface area (Å²) in [6, 6.07) is 18.3. The molecule has 3 rings (SSSR count). The van der Waals surface area contributed by atoms with Crippen LogP contribution in [0.5, 0.6) is 0 Å². The largest absolute Gasteiger partial charge is 0.0952 e. The lowest BCUT2D eigenvalue weighted by molar-refractivity contribution is 0.255. The SMILES string of the molecule is C=C(CC)c1ccc(CCC2CCC(CCC(=C)c3ccc(CC(C)(C)C)cc3)CC2)cc1. The molecule has 1 aliphatic rings. The molecule has 2 aromatic rings. The first-order chi connectivity index (χ1) is 15.7. The summed E-state index contributed by atoms with van der Waals surface area (Å²) in [7, 11) is 0. The van der Waals surface area contributed by atoms with E-state index in [1.165, 1.54) is 78.3 Å². The Labute approximate surface area is 204 Å². The van der Waals surface area contributed by atoms with Crippen LogP contribution in [-0.2, 0) is 12.8 Å². The van der Waals surface area contributed by atoms with Crippen molar-refractivity contribution in [2.75, 3.05) is 0 Å². The van der Waals surface area contributed by atoms with E-state index < -0.39 is 0 Å². The predicted octanol–water partition coefficient (Wildman–Crippen LogP) is 9.93. The van der Waals surface area contributed by atoms with Crippen LogP contribution in [0, 0.1) is 17.3 Å². The maximum absolute atomic E-state index is 4.41. The van der Waals surface area contributed by atoms with Gasteiger partial charge in [0.25, 0.3) is 0 Å². The number of benzene rings is 2. The highest BCUT2D eigenvalue weighted by atomic mass is 14.3. The fourth-order valence-corrected chi connectivity index (χ4v) is 5.28. The molecule has 0 aromatic heterocycles. The molecule has 2 aromatic carbocycles. The summed E-state index contributed by atoms with van der Waals surface area (Å²) in [6.45, 7) is 17.6. The fourth-order valence-electron chi connectivity index (χ4n) is 5.28. The summed E-state index contributed by atoms with van der Waals surface area (Å²) in [6.07, 6.45) is 12.8. The third kappa shape index (κ3) is 8.33. The minimum atomic E-state index is 0.339. The number of hydrogen-bond acceptors (Lipinski definition) is 0. The van der Waals surface area contributed by atoms with Gasteiger partial charge in [-0.3, -0.25) is 0 Å². The first-order valence-corrected chi connectivity index (χ1v) is 13.3. The molecule has 0 heteroatoms. The highest BCUT2D eigenvalue weighted by Crippen LogP contribution is 2.35. The molecule has 0 saturated heterocycles. The van der Waals surface area contributed by atoms with E-state index in [9.17, 15) is 0 Å². The molecule has 1 saturated carbocycles. The Hall–Kier alpha value is -2.08. The molecule has 0 spiro atoms. The van der Waals surface area contributed by atoms with E-state index in [4.69, 9.17) is 0 Å². The molecule has 0 aliphatic heterocycles. The van der Waals surface area contributed by atoms with E-state index in [-0.39, 0.29) is 0 Å². The molecule has 0 amide bonds. The second-order valence-corrected chi connectivity index (χ2v) is 11.7. The van der Waals surface area contributed by atoms with Gasteiger partial charge < -0.3 is 0 Å². The zero-order valence-electron chi connectivity index (χ0n) is 21.8. The summed E-state index contributed by atoms with van der Waals surface area (Å²) in [5.74, 6) is 1.79. The van der Waals surface area contributed by atoms with Gasteiger partial charge in [0.15, 0.2) is 0 Å². The van der Waals surface area contributed by atoms with Gasteiger partial charge in [-0.05, 0) is 89.2 Å². The molecular formula is C33H46. The van der Waals surface area contributed by atoms with E-state index in [1.54, 1.807) is 0 Å². The maximum atomic E-state index is 4.41. The Kier molecular flexibility index (Phi) is 9.19. The van der Waals surface area contributed by atoms with Crippen LogP contribution >= 0.6 is 0 Å². The van der Waals surface area contributed by atoms with Gasteiger partial charge in [-0.2, -0.15) is 0 Å². The first kappa shape index (κ1) is 25.5. The summed E-state index contributed by atoms with van der Waals surface area (Å²) in [4.78, 5) is 0. The third-order valence-corrected chi connectivity index (χ3v) is 7.55. The fraction of sp³-hybridized carbons (Fsp3) is 0.515. The molecule has 0 N–H and O–H groups in total. The topological polar surface area (TPSA) is 0 Å². The van der Waals surface area contributed by atoms with Gasteiger partial charge in [0.1, 0.15) is 0 Å². The summed E-state index contributed by atoms with van der Waals surface area (Å²) < 4.78 is 0. The number of hydrogen-bond donors (Lipinski definition) is 0. The zero-order chi connectivity index (χ0) is 23.8. The van der Waals surface area contributed by atoms with Gasteiger partial charge in [0, 0.05) is 0 Å². The molecule has 0 bridgehead atoms. The van der Waals surface area contributed by atoms with E-state index in [0.29, 0.717) is 5.41 Å². The molecule has 0 atom stereocenters. The van der Waals surface area contributed by atoms with Crippen molar-refractivity contribution in [2.24, 2.45) is 17.3 Å². The summed E-state index contributed by atoms with van der Waals surface area (Å²) >= 11 is 0. The lowest BCUT2D eigenvalue weighted by Gasteiger charge is -2.29. The van der Waals surface area contributed by atoms with E-state index in [1.807, 2.05) is 0 Å². The van der Waals surface area contributed by atoms with Crippen molar-refractivity contribution in [1.82, 2.24) is 0 Å². The summed E-state index contributed by atoms with van der Waals surface area (Å²) in [5.41, 5.74) is 8.42. The number of allylic oxidation sites excluding steroid dienone is 2. The standard InChI is InChI=1S/C33H46/c1-7-25(2)31-20-16-29(17-21-31)15-14-28-12-10-27(11-13-28)9-8-26(3)32-22-18-30(19-23-32)24-33(4,5)6/h16-23,27-28H,2-3,7-15,24H2,1,4-6H3. The van der Waals surface area contributed by atoms with Crippen LogP contribution < -0.4 is 0 Å². The molecular weight excluding hydrogens is 396 g/mol. The minimum absolute atomic E-state index is 0.339. The van der Waals surface area contributed by atoms with Crippen LogP contribution in [0.1, 0.15) is 101 Å². The second kappa shape index (κ2) is 11.9. The quantitative estimate of drug-likeness (QED) is 0.343. The van der Waals surface area contributed by atoms with Crippen molar-refractivity contribution in [2.45, 2.75) is 91.9 Å². The molecule has 1 aliphatic carbocycles. The van der Waals surface area contributed by atoms with Crippen molar-refractivity contribution < 1.29 is 0 Å². The van der Waals surface area contributed by atoms with Crippen LogP contribution in [-0.4, -0.2) is 0 Å². The molecule has 33 heavy (non-hydrogen) atoms. The minimum Gasteiger partial charge on any atom is -0.0952 e. The van der Waals surface area contributed by atoms with Crippen LogP contribution in [0.4, 0.5) is 0 Å². The molecule has 0 heterocycles. The van der Waals surface area contributed by atoms with Gasteiger partial charge in [0.2, 0.25) is 0 Å². The molecule has 0 nitrogen and oxygen atoms in total. The van der Waals surface area contributed by atoms with Crippen molar-refractivity contribution in [3.8, 4) is 0 Å². The lowest BCUT2D eigenvalue weighted by Crippen LogP contribution is -2.15. The number of rotatable bonds is 10. The monoisotopic (exact) mass is 442 g/mol. The van der Waals surface area contributed by atoms with Gasteiger partial charge in [0.05, 0.1) is 0 Å². The number of aryl methyl sites for hydroxylation is 1. The maximum Gasteiger partial charge on any atom is -0.0230 e. The average Bonchev–Trinajstić information content (AvgIpc) is 2.81. The Balaban J connectivity index is 1.36. The molecule has 1 fully saturated rings. The van der Waals surface area contributed by atoms with E-state index in [2.05, 4.69) is 89.4 Å². The Morgan fingerprint density at radius 2 is 1.21 bits per heavy atom. The highest BCUT2D eigenvalue weighted by Gasteiger charge is 2.21. The van der Waals surface area contributed by atoms with Crippen molar-refractivity contribution >= 4 is 11.1 Å². The van der Waals surface area contributed by atoms with Crippen LogP contribution in [0.2, 0.25) is 0 Å². The van der Waals surface area contributed by atoms with Gasteiger partial charge in [-0.1, -0.05) is 115 Å². The van der Waals surface area contributed by atoms with Crippen molar-refractivity contribution in [3.63, 3.8) is 0 Å². The lowest BCUT2D eigenvalue weighted by atomic mass is 9.77. The highest BCUT2D eigenvalue weighted by molar-refractivity contribution is 5.64. The predicted molar refractivity (Wildman–Crippen MR) is 147 cm³/mol. The molecule has 178 valence electrons. The Morgan fingerprint density at radius 1 is 0.727 bits per heavy atom. The van der Waals surface area contributed by atoms with Gasteiger partial charge in [-0.25, -0.2) is 0 Å². The van der Waals surface area contributed by atoms with Gasteiger partial charge >= 0.3 is 0 Å². The summed E-state index contributed by atoms with van der Waals surface area (Å²) in [5, 5.41) is 0. The molecule has 0 radical (unpaired) electrons. The van der Waals surface area contributed by atoms with Crippen LogP contribution in [0.3, 0.4) is 0 Å². The van der Waals surface area contributed by atoms with Gasteiger partial charge in [-0.15, -0.1) is 0 Å². The smallest absolute Gasteiger partial charge is 0.0230 e. The van der Waals surface area contributed by atoms with Crippen molar-refractivity contribution in [3.05, 3.63) is 83.9 Å². The first-order valence-electron chi connectivity index (χ1n) is 13.3. The molecule has 0 unspecified atom stereocenters. The second-order valence-electron chi connectivity index (χ2n) is 11.7. The van der Waals surface area contributed by atoms with Crippen LogP contribution in [0.25, 0.3) is 11.1 Å². The Bertz CT molecular complexity index is 881. The Morgan fingerprint density at radius 3 is 1.73 bits per heavy atom. The normalized spacial score (nSPS) is 18.8. The zero-order valence-corrected chi connectivity index (χ0v) is 21.8. The van der Waals surface area contributed by atoms with Crippen LogP contribution in [0.15, 0.2) is 61.7 Å². The third-order valence-electron chi connectivity index (χ3n) is 7.55. The van der Waals surface area contributed by atoms with Crippen molar-refractivity contribution in [1.29, 1.82) is 0 Å².